The minimum absolute atomic E-state index is 0. The molecule has 1 radical (unpaired) electrons. The molecular formula is C30H25SiZr. The molecule has 32 heavy (non-hydrogen) atoms. The molecule has 6 rings (SSSR count). The summed E-state index contributed by atoms with van der Waals surface area (Å²) in [6.45, 7) is 0. The Kier molecular flexibility index (Phi) is 9.62. The van der Waals surface area contributed by atoms with E-state index in [2.05, 4.69) is 146 Å². The number of benzene rings is 4. The second kappa shape index (κ2) is 12.9. The maximum absolute atomic E-state index is 2.20. The molecule has 0 saturated carbocycles. The Morgan fingerprint density at radius 2 is 0.781 bits per heavy atom. The van der Waals surface area contributed by atoms with Crippen LogP contribution in [0.4, 0.5) is 0 Å². The molecule has 0 aromatic heterocycles. The van der Waals surface area contributed by atoms with Crippen molar-refractivity contribution in [2.75, 3.05) is 0 Å². The number of fused-ring (bicyclic) bond motifs is 2. The fraction of sp³-hybridized carbons (Fsp3) is 0. The van der Waals surface area contributed by atoms with Gasteiger partial charge in [0.1, 0.15) is 9.52 Å². The molecule has 0 N–H and O–H groups in total. The van der Waals surface area contributed by atoms with Crippen molar-refractivity contribution >= 4 is 41.4 Å². The van der Waals surface area contributed by atoms with E-state index in [9.17, 15) is 0 Å². The molecule has 0 atom stereocenters. The summed E-state index contributed by atoms with van der Waals surface area (Å²) in [4.78, 5) is 0. The summed E-state index contributed by atoms with van der Waals surface area (Å²) in [6.07, 6.45) is 0. The molecular weight excluding hydrogens is 480 g/mol. The second-order valence-corrected chi connectivity index (χ2v) is 8.90. The van der Waals surface area contributed by atoms with Crippen molar-refractivity contribution in [1.29, 1.82) is 0 Å². The standard InChI is InChI=1S/C12H11Si.2C9H7.Zr/c1-3-7-11(8-4-1)13-12-9-5-2-6-10-12;2*1-2-5-9-7-3-6-8(9)4-1;/h1-10,13H;2*1-7H;/q;2*-1;+2. The maximum Gasteiger partial charge on any atom is 2.00 e. The molecule has 153 valence electrons. The Bertz CT molecular complexity index is 1140. The van der Waals surface area contributed by atoms with Gasteiger partial charge < -0.3 is 0 Å². The molecule has 0 saturated heterocycles. The van der Waals surface area contributed by atoms with Gasteiger partial charge in [0.2, 0.25) is 0 Å². The molecule has 6 aromatic rings. The van der Waals surface area contributed by atoms with Gasteiger partial charge in [-0.15, -0.1) is 59.3 Å². The van der Waals surface area contributed by atoms with Gasteiger partial charge in [0.25, 0.3) is 0 Å². The molecule has 0 nitrogen and oxygen atoms in total. The number of hydrogen-bond acceptors (Lipinski definition) is 0. The molecule has 0 aliphatic rings. The minimum atomic E-state index is 0. The SMILES string of the molecule is [Zr+2].c1ccc([SiH]c2ccccc2)cc1.c1ccc2[cH-]ccc2c1.c1ccc2[cH-]ccc2c1. The van der Waals surface area contributed by atoms with Crippen LogP contribution in [0.2, 0.25) is 0 Å². The third-order valence-corrected chi connectivity index (χ3v) is 6.46. The molecule has 0 bridgehead atoms. The van der Waals surface area contributed by atoms with Crippen LogP contribution >= 0.6 is 0 Å². The van der Waals surface area contributed by atoms with Gasteiger partial charge in [-0.3, -0.25) is 0 Å². The topological polar surface area (TPSA) is 0 Å². The first-order valence-electron chi connectivity index (χ1n) is 10.5. The molecule has 0 aliphatic carbocycles. The summed E-state index contributed by atoms with van der Waals surface area (Å²) in [6, 6.07) is 50.7. The van der Waals surface area contributed by atoms with Crippen LogP contribution in [0.5, 0.6) is 0 Å². The van der Waals surface area contributed by atoms with E-state index in [0.29, 0.717) is 0 Å². The molecule has 0 aliphatic heterocycles. The zero-order valence-electron chi connectivity index (χ0n) is 17.9. The Morgan fingerprint density at radius 3 is 1.19 bits per heavy atom. The molecule has 6 aromatic carbocycles. The predicted octanol–water partition coefficient (Wildman–Crippen LogP) is 6.19. The zero-order chi connectivity index (χ0) is 21.1. The smallest absolute Gasteiger partial charge is 0.168 e. The third kappa shape index (κ3) is 7.12. The van der Waals surface area contributed by atoms with Crippen molar-refractivity contribution in [3.63, 3.8) is 0 Å². The summed E-state index contributed by atoms with van der Waals surface area (Å²) in [7, 11) is 0.271. The van der Waals surface area contributed by atoms with E-state index in [1.165, 1.54) is 31.9 Å². The first-order chi connectivity index (χ1) is 15.4. The van der Waals surface area contributed by atoms with Gasteiger partial charge in [0, 0.05) is 0 Å². The Balaban J connectivity index is 0.000000137. The Labute approximate surface area is 212 Å². The predicted molar refractivity (Wildman–Crippen MR) is 138 cm³/mol. The van der Waals surface area contributed by atoms with E-state index in [4.69, 9.17) is 0 Å². The van der Waals surface area contributed by atoms with E-state index in [0.717, 1.165) is 0 Å². The summed E-state index contributed by atoms with van der Waals surface area (Å²) in [5.41, 5.74) is 0. The van der Waals surface area contributed by atoms with Crippen LogP contribution in [0, 0.1) is 0 Å². The van der Waals surface area contributed by atoms with Gasteiger partial charge in [0.15, 0.2) is 0 Å². The van der Waals surface area contributed by atoms with E-state index in [1.54, 1.807) is 0 Å². The zero-order valence-corrected chi connectivity index (χ0v) is 21.5. The van der Waals surface area contributed by atoms with Crippen molar-refractivity contribution in [2.24, 2.45) is 0 Å². The van der Waals surface area contributed by atoms with Crippen LogP contribution in [-0.2, 0) is 26.2 Å². The van der Waals surface area contributed by atoms with Crippen LogP contribution in [0.25, 0.3) is 21.5 Å². The van der Waals surface area contributed by atoms with Crippen molar-refractivity contribution < 1.29 is 26.2 Å². The third-order valence-electron chi connectivity index (χ3n) is 5.03. The van der Waals surface area contributed by atoms with Crippen molar-refractivity contribution in [3.8, 4) is 0 Å². The van der Waals surface area contributed by atoms with Gasteiger partial charge >= 0.3 is 26.2 Å². The Hall–Kier alpha value is -2.80. The molecule has 0 unspecified atom stereocenters. The molecule has 0 spiro atoms. The fourth-order valence-corrected chi connectivity index (χ4v) is 4.65. The van der Waals surface area contributed by atoms with Crippen LogP contribution in [0.3, 0.4) is 0 Å². The first-order valence-corrected chi connectivity index (χ1v) is 11.7. The fourth-order valence-electron chi connectivity index (χ4n) is 3.43. The first kappa shape index (κ1) is 23.9. The van der Waals surface area contributed by atoms with E-state index in [-0.39, 0.29) is 35.7 Å². The van der Waals surface area contributed by atoms with Crippen LogP contribution < -0.4 is 10.4 Å². The Morgan fingerprint density at radius 1 is 0.406 bits per heavy atom. The van der Waals surface area contributed by atoms with E-state index >= 15 is 0 Å². The molecule has 0 amide bonds. The van der Waals surface area contributed by atoms with Gasteiger partial charge in [-0.05, 0) is 0 Å². The van der Waals surface area contributed by atoms with Crippen LogP contribution in [-0.4, -0.2) is 9.52 Å². The van der Waals surface area contributed by atoms with Crippen LogP contribution in [0.1, 0.15) is 0 Å². The van der Waals surface area contributed by atoms with Crippen molar-refractivity contribution in [2.45, 2.75) is 0 Å². The molecule has 0 fully saturated rings. The average molecular weight is 505 g/mol. The van der Waals surface area contributed by atoms with Gasteiger partial charge in [-0.2, -0.15) is 35.0 Å². The van der Waals surface area contributed by atoms with Crippen molar-refractivity contribution in [1.82, 2.24) is 0 Å². The maximum atomic E-state index is 2.20. The summed E-state index contributed by atoms with van der Waals surface area (Å²) in [5, 5.41) is 8.23. The quantitative estimate of drug-likeness (QED) is 0.195. The number of rotatable bonds is 2. The van der Waals surface area contributed by atoms with Crippen molar-refractivity contribution in [3.05, 3.63) is 146 Å². The van der Waals surface area contributed by atoms with E-state index in [1.807, 2.05) is 0 Å². The largest absolute Gasteiger partial charge is 2.00 e. The second-order valence-electron chi connectivity index (χ2n) is 7.28. The molecule has 2 heteroatoms. The summed E-state index contributed by atoms with van der Waals surface area (Å²) in [5.74, 6) is 0. The minimum Gasteiger partial charge on any atom is -0.168 e. The molecule has 0 heterocycles. The summed E-state index contributed by atoms with van der Waals surface area (Å²) < 4.78 is 0. The van der Waals surface area contributed by atoms with Gasteiger partial charge in [-0.25, -0.2) is 0 Å². The van der Waals surface area contributed by atoms with Gasteiger partial charge in [-0.1, -0.05) is 83.2 Å². The summed E-state index contributed by atoms with van der Waals surface area (Å²) >= 11 is 0. The monoisotopic (exact) mass is 503 g/mol. The average Bonchev–Trinajstić information content (AvgIpc) is 3.51. The van der Waals surface area contributed by atoms with Gasteiger partial charge in [0.05, 0.1) is 0 Å². The number of hydrogen-bond donors (Lipinski definition) is 0. The van der Waals surface area contributed by atoms with E-state index < -0.39 is 0 Å². The van der Waals surface area contributed by atoms with Crippen LogP contribution in [0.15, 0.2) is 146 Å². The normalized spacial score (nSPS) is 9.75.